The topological polar surface area (TPSA) is 87.5 Å². The zero-order valence-corrected chi connectivity index (χ0v) is 18.7. The quantitative estimate of drug-likeness (QED) is 0.639. The van der Waals surface area contributed by atoms with Gasteiger partial charge in [-0.25, -0.2) is 4.98 Å². The maximum atomic E-state index is 5.62. The highest BCUT2D eigenvalue weighted by Gasteiger charge is 2.19. The number of anilines is 4. The van der Waals surface area contributed by atoms with Crippen molar-refractivity contribution in [2.75, 3.05) is 69.5 Å². The number of imidazole rings is 1. The van der Waals surface area contributed by atoms with Crippen molar-refractivity contribution in [3.63, 3.8) is 0 Å². The van der Waals surface area contributed by atoms with E-state index in [-0.39, 0.29) is 0 Å². The number of methoxy groups -OCH3 is 1. The molecule has 0 unspecified atom stereocenters. The number of aromatic nitrogens is 5. The van der Waals surface area contributed by atoms with Crippen molar-refractivity contribution in [1.82, 2.24) is 29.4 Å². The first-order chi connectivity index (χ1) is 14.9. The smallest absolute Gasteiger partial charge is 0.233 e. The lowest BCUT2D eigenvalue weighted by Gasteiger charge is -2.32. The highest BCUT2D eigenvalue weighted by Crippen LogP contribution is 2.28. The lowest BCUT2D eigenvalue weighted by Crippen LogP contribution is -2.45. The molecule has 10 nitrogen and oxygen atoms in total. The van der Waals surface area contributed by atoms with E-state index in [9.17, 15) is 0 Å². The van der Waals surface area contributed by atoms with Crippen molar-refractivity contribution >= 4 is 23.5 Å². The van der Waals surface area contributed by atoms with E-state index in [4.69, 9.17) is 9.72 Å². The van der Waals surface area contributed by atoms with Crippen LogP contribution in [0.2, 0.25) is 0 Å². The van der Waals surface area contributed by atoms with E-state index in [0.29, 0.717) is 17.8 Å². The van der Waals surface area contributed by atoms with Gasteiger partial charge in [-0.15, -0.1) is 0 Å². The number of nitrogens with zero attached hydrogens (tertiary/aromatic N) is 8. The summed E-state index contributed by atoms with van der Waals surface area (Å²) in [6.45, 7) is 5.70. The molecule has 10 heteroatoms. The number of nitrogens with one attached hydrogen (secondary N) is 1. The van der Waals surface area contributed by atoms with Gasteiger partial charge in [0.05, 0.1) is 24.8 Å². The van der Waals surface area contributed by atoms with Crippen LogP contribution in [-0.4, -0.2) is 83.8 Å². The van der Waals surface area contributed by atoms with Gasteiger partial charge < -0.3 is 29.3 Å². The second kappa shape index (κ2) is 8.76. The van der Waals surface area contributed by atoms with E-state index in [1.807, 2.05) is 54.9 Å². The molecule has 1 aliphatic rings. The molecule has 4 rings (SSSR count). The maximum absolute atomic E-state index is 5.62. The average Bonchev–Trinajstić information content (AvgIpc) is 3.20. The second-order valence-corrected chi connectivity index (χ2v) is 7.88. The van der Waals surface area contributed by atoms with Crippen LogP contribution in [0.5, 0.6) is 5.75 Å². The van der Waals surface area contributed by atoms with Crippen molar-refractivity contribution < 1.29 is 4.74 Å². The maximum Gasteiger partial charge on any atom is 0.233 e. The van der Waals surface area contributed by atoms with E-state index in [2.05, 4.69) is 37.1 Å². The van der Waals surface area contributed by atoms with Gasteiger partial charge in [-0.2, -0.15) is 15.0 Å². The summed E-state index contributed by atoms with van der Waals surface area (Å²) in [5.41, 5.74) is 2.69. The molecule has 1 aromatic carbocycles. The number of hydrogen-bond acceptors (Lipinski definition) is 9. The largest absolute Gasteiger partial charge is 0.494 e. The number of rotatable bonds is 6. The van der Waals surface area contributed by atoms with Crippen LogP contribution >= 0.6 is 0 Å². The molecule has 3 heterocycles. The number of benzene rings is 1. The van der Waals surface area contributed by atoms with E-state index in [0.717, 1.165) is 49.0 Å². The number of hydrogen-bond donors (Lipinski definition) is 1. The fraction of sp³-hybridized carbons (Fsp3) is 0.429. The highest BCUT2D eigenvalue weighted by molar-refractivity contribution is 5.63. The van der Waals surface area contributed by atoms with Crippen LogP contribution in [0.1, 0.15) is 5.69 Å². The molecular weight excluding hydrogens is 394 g/mol. The molecule has 2 aromatic heterocycles. The molecule has 0 bridgehead atoms. The summed E-state index contributed by atoms with van der Waals surface area (Å²) in [5.74, 6) is 2.53. The minimum Gasteiger partial charge on any atom is -0.494 e. The van der Waals surface area contributed by atoms with Crippen molar-refractivity contribution in [3.05, 3.63) is 36.4 Å². The highest BCUT2D eigenvalue weighted by atomic mass is 16.5. The predicted molar refractivity (Wildman–Crippen MR) is 122 cm³/mol. The molecule has 0 radical (unpaired) electrons. The summed E-state index contributed by atoms with van der Waals surface area (Å²) in [7, 11) is 7.64. The van der Waals surface area contributed by atoms with E-state index in [1.165, 1.54) is 0 Å². The van der Waals surface area contributed by atoms with Gasteiger partial charge in [0, 0.05) is 58.2 Å². The fourth-order valence-corrected chi connectivity index (χ4v) is 3.41. The summed E-state index contributed by atoms with van der Waals surface area (Å²) in [5, 5.41) is 3.32. The molecule has 31 heavy (non-hydrogen) atoms. The average molecular weight is 424 g/mol. The van der Waals surface area contributed by atoms with Crippen LogP contribution in [-0.2, 0) is 0 Å². The summed E-state index contributed by atoms with van der Waals surface area (Å²) >= 11 is 0. The normalized spacial score (nSPS) is 14.5. The second-order valence-electron chi connectivity index (χ2n) is 7.88. The van der Waals surface area contributed by atoms with Gasteiger partial charge in [-0.1, -0.05) is 0 Å². The van der Waals surface area contributed by atoms with Gasteiger partial charge >= 0.3 is 0 Å². The number of aryl methyl sites for hydroxylation is 1. The van der Waals surface area contributed by atoms with Gasteiger partial charge in [0.2, 0.25) is 17.8 Å². The number of piperazine rings is 1. The van der Waals surface area contributed by atoms with E-state index >= 15 is 0 Å². The first-order valence-electron chi connectivity index (χ1n) is 10.3. The van der Waals surface area contributed by atoms with Crippen molar-refractivity contribution in [3.8, 4) is 11.4 Å². The third-order valence-corrected chi connectivity index (χ3v) is 5.22. The SMILES string of the molecule is COc1cc(Nc2nc(N(C)C)nc(N3CCN(C)CC3)n2)ccc1-n1cnc(C)c1. The Balaban J connectivity index is 1.62. The molecule has 1 aliphatic heterocycles. The minimum atomic E-state index is 0.501. The minimum absolute atomic E-state index is 0.501. The molecule has 0 atom stereocenters. The monoisotopic (exact) mass is 423 g/mol. The first-order valence-corrected chi connectivity index (χ1v) is 10.3. The Morgan fingerprint density at radius 3 is 2.48 bits per heavy atom. The molecule has 164 valence electrons. The molecule has 1 N–H and O–H groups in total. The van der Waals surface area contributed by atoms with Gasteiger partial charge in [0.15, 0.2) is 0 Å². The Morgan fingerprint density at radius 1 is 1.06 bits per heavy atom. The fourth-order valence-electron chi connectivity index (χ4n) is 3.41. The van der Waals surface area contributed by atoms with Crippen LogP contribution in [0.25, 0.3) is 5.69 Å². The Labute approximate surface area is 182 Å². The summed E-state index contributed by atoms with van der Waals surface area (Å²) in [4.78, 5) is 24.6. The zero-order chi connectivity index (χ0) is 22.0. The number of likely N-dealkylation sites (N-methyl/N-ethyl adjacent to an activating group) is 1. The zero-order valence-electron chi connectivity index (χ0n) is 18.7. The summed E-state index contributed by atoms with van der Waals surface area (Å²) < 4.78 is 7.56. The van der Waals surface area contributed by atoms with Gasteiger partial charge in [0.1, 0.15) is 5.75 Å². The molecule has 0 saturated carbocycles. The van der Waals surface area contributed by atoms with E-state index in [1.54, 1.807) is 13.4 Å². The predicted octanol–water partition coefficient (Wildman–Crippen LogP) is 1.94. The first kappa shape index (κ1) is 20.9. The van der Waals surface area contributed by atoms with Gasteiger partial charge in [0.25, 0.3) is 0 Å². The molecule has 0 spiro atoms. The van der Waals surface area contributed by atoms with Crippen LogP contribution in [0.15, 0.2) is 30.7 Å². The molecule has 0 amide bonds. The Morgan fingerprint density at radius 2 is 1.84 bits per heavy atom. The summed E-state index contributed by atoms with van der Waals surface area (Å²) in [6, 6.07) is 5.89. The van der Waals surface area contributed by atoms with Crippen LogP contribution in [0.4, 0.5) is 23.5 Å². The Kier molecular flexibility index (Phi) is 5.90. The van der Waals surface area contributed by atoms with Gasteiger partial charge in [-0.3, -0.25) is 0 Å². The molecule has 1 saturated heterocycles. The molecule has 3 aromatic rings. The van der Waals surface area contributed by atoms with Crippen molar-refractivity contribution in [2.24, 2.45) is 0 Å². The van der Waals surface area contributed by atoms with Crippen molar-refractivity contribution in [1.29, 1.82) is 0 Å². The lowest BCUT2D eigenvalue weighted by atomic mass is 10.2. The van der Waals surface area contributed by atoms with Gasteiger partial charge in [-0.05, 0) is 26.1 Å². The van der Waals surface area contributed by atoms with Crippen LogP contribution in [0, 0.1) is 6.92 Å². The van der Waals surface area contributed by atoms with Crippen LogP contribution < -0.4 is 19.9 Å². The number of ether oxygens (including phenoxy) is 1. The molecule has 0 aliphatic carbocycles. The Bertz CT molecular complexity index is 1040. The third kappa shape index (κ3) is 4.69. The standard InChI is InChI=1S/C21H29N9O/c1-15-13-30(14-22-15)17-7-6-16(12-18(17)31-5)23-19-24-20(27(2)3)26-21(25-19)29-10-8-28(4)9-11-29/h6-7,12-14H,8-11H2,1-5H3,(H,23,24,25,26). The lowest BCUT2D eigenvalue weighted by molar-refractivity contribution is 0.311. The third-order valence-electron chi connectivity index (χ3n) is 5.22. The van der Waals surface area contributed by atoms with Crippen molar-refractivity contribution in [2.45, 2.75) is 6.92 Å². The molecular formula is C21H29N9O. The Hall–Kier alpha value is -3.40. The van der Waals surface area contributed by atoms with Crippen LogP contribution in [0.3, 0.4) is 0 Å². The molecule has 1 fully saturated rings. The van der Waals surface area contributed by atoms with E-state index < -0.39 is 0 Å². The summed E-state index contributed by atoms with van der Waals surface area (Å²) in [6.07, 6.45) is 3.74.